The second kappa shape index (κ2) is 7.18. The van der Waals surface area contributed by atoms with E-state index in [2.05, 4.69) is 0 Å². The zero-order valence-electron chi connectivity index (χ0n) is 12.4. The molecule has 22 heavy (non-hydrogen) atoms. The number of hydrogen-bond donors (Lipinski definition) is 1. The van der Waals surface area contributed by atoms with Crippen molar-refractivity contribution in [3.63, 3.8) is 0 Å². The topological polar surface area (TPSA) is 55.8 Å². The molecular weight excluding hydrogens is 304 g/mol. The van der Waals surface area contributed by atoms with E-state index < -0.39 is 12.1 Å². The standard InChI is InChI=1S/C17H17ClO4/c1-11-8-14(6-7-15(11)18)22-16(17(19)20)10-12-4-3-5-13(9-12)21-2/h3-9,16H,10H2,1-2H3,(H,19,20). The molecular formula is C17H17ClO4. The van der Waals surface area contributed by atoms with Crippen LogP contribution in [0.1, 0.15) is 11.1 Å². The van der Waals surface area contributed by atoms with Gasteiger partial charge in [-0.1, -0.05) is 23.7 Å². The zero-order chi connectivity index (χ0) is 16.1. The second-order valence-corrected chi connectivity index (χ2v) is 5.32. The second-order valence-electron chi connectivity index (χ2n) is 4.91. The molecule has 0 saturated carbocycles. The average molecular weight is 321 g/mol. The lowest BCUT2D eigenvalue weighted by Crippen LogP contribution is -2.29. The van der Waals surface area contributed by atoms with Gasteiger partial charge >= 0.3 is 5.97 Å². The number of halogens is 1. The monoisotopic (exact) mass is 320 g/mol. The molecule has 116 valence electrons. The van der Waals surface area contributed by atoms with Crippen molar-refractivity contribution in [2.45, 2.75) is 19.4 Å². The highest BCUT2D eigenvalue weighted by Gasteiger charge is 2.20. The van der Waals surface area contributed by atoms with E-state index in [9.17, 15) is 9.90 Å². The van der Waals surface area contributed by atoms with Gasteiger partial charge in [0.05, 0.1) is 7.11 Å². The largest absolute Gasteiger partial charge is 0.497 e. The lowest BCUT2D eigenvalue weighted by Gasteiger charge is -2.16. The Balaban J connectivity index is 2.15. The molecule has 1 N–H and O–H groups in total. The summed E-state index contributed by atoms with van der Waals surface area (Å²) >= 11 is 5.96. The maximum atomic E-state index is 11.4. The van der Waals surface area contributed by atoms with Crippen molar-refractivity contribution in [3.8, 4) is 11.5 Å². The quantitative estimate of drug-likeness (QED) is 0.881. The molecule has 1 atom stereocenters. The Morgan fingerprint density at radius 3 is 2.64 bits per heavy atom. The van der Waals surface area contributed by atoms with Gasteiger partial charge in [0.1, 0.15) is 11.5 Å². The number of ether oxygens (including phenoxy) is 2. The van der Waals surface area contributed by atoms with Crippen molar-refractivity contribution >= 4 is 17.6 Å². The van der Waals surface area contributed by atoms with Crippen LogP contribution in [0.25, 0.3) is 0 Å². The fourth-order valence-corrected chi connectivity index (χ4v) is 2.17. The number of carbonyl (C=O) groups is 1. The maximum absolute atomic E-state index is 11.4. The van der Waals surface area contributed by atoms with Gasteiger partial charge in [0.25, 0.3) is 0 Å². The van der Waals surface area contributed by atoms with Gasteiger partial charge in [0.15, 0.2) is 6.10 Å². The molecule has 0 saturated heterocycles. The normalized spacial score (nSPS) is 11.8. The molecule has 0 fully saturated rings. The molecule has 0 aliphatic rings. The molecule has 0 aliphatic carbocycles. The van der Waals surface area contributed by atoms with Crippen molar-refractivity contribution in [2.75, 3.05) is 7.11 Å². The van der Waals surface area contributed by atoms with Gasteiger partial charge < -0.3 is 14.6 Å². The SMILES string of the molecule is COc1cccc(CC(Oc2ccc(Cl)c(C)c2)C(=O)O)c1. The Morgan fingerprint density at radius 1 is 1.23 bits per heavy atom. The van der Waals surface area contributed by atoms with Gasteiger partial charge in [-0.15, -0.1) is 0 Å². The molecule has 2 aromatic carbocycles. The summed E-state index contributed by atoms with van der Waals surface area (Å²) in [4.78, 5) is 11.4. The van der Waals surface area contributed by atoms with E-state index in [1.807, 2.05) is 25.1 Å². The van der Waals surface area contributed by atoms with Gasteiger partial charge in [-0.05, 0) is 48.4 Å². The zero-order valence-corrected chi connectivity index (χ0v) is 13.1. The third kappa shape index (κ3) is 4.15. The van der Waals surface area contributed by atoms with E-state index in [-0.39, 0.29) is 6.42 Å². The van der Waals surface area contributed by atoms with Crippen LogP contribution < -0.4 is 9.47 Å². The molecule has 0 bridgehead atoms. The number of aliphatic carboxylic acids is 1. The summed E-state index contributed by atoms with van der Waals surface area (Å²) < 4.78 is 10.7. The summed E-state index contributed by atoms with van der Waals surface area (Å²) in [5.74, 6) is 0.150. The maximum Gasteiger partial charge on any atom is 0.345 e. The number of rotatable bonds is 6. The van der Waals surface area contributed by atoms with Gasteiger partial charge in [0.2, 0.25) is 0 Å². The van der Waals surface area contributed by atoms with Crippen molar-refractivity contribution in [2.24, 2.45) is 0 Å². The molecule has 5 heteroatoms. The Morgan fingerprint density at radius 2 is 2.00 bits per heavy atom. The summed E-state index contributed by atoms with van der Waals surface area (Å²) in [6, 6.07) is 12.3. The minimum atomic E-state index is -1.02. The average Bonchev–Trinajstić information content (AvgIpc) is 2.50. The molecule has 2 rings (SSSR count). The summed E-state index contributed by atoms with van der Waals surface area (Å²) in [7, 11) is 1.57. The van der Waals surface area contributed by atoms with Crippen LogP contribution in [0.2, 0.25) is 5.02 Å². The first-order valence-electron chi connectivity index (χ1n) is 6.78. The van der Waals surface area contributed by atoms with Crippen LogP contribution >= 0.6 is 11.6 Å². The first-order chi connectivity index (χ1) is 10.5. The van der Waals surface area contributed by atoms with Crippen molar-refractivity contribution in [3.05, 3.63) is 58.6 Å². The molecule has 0 radical (unpaired) electrons. The highest BCUT2D eigenvalue weighted by molar-refractivity contribution is 6.31. The lowest BCUT2D eigenvalue weighted by atomic mass is 10.1. The Hall–Kier alpha value is -2.20. The fraction of sp³-hybridized carbons (Fsp3) is 0.235. The van der Waals surface area contributed by atoms with E-state index in [4.69, 9.17) is 21.1 Å². The highest BCUT2D eigenvalue weighted by atomic mass is 35.5. The highest BCUT2D eigenvalue weighted by Crippen LogP contribution is 2.23. The number of methoxy groups -OCH3 is 1. The van der Waals surface area contributed by atoms with Gasteiger partial charge in [-0.3, -0.25) is 0 Å². The third-order valence-electron chi connectivity index (χ3n) is 3.24. The molecule has 4 nitrogen and oxygen atoms in total. The van der Waals surface area contributed by atoms with Crippen LogP contribution in [0.15, 0.2) is 42.5 Å². The van der Waals surface area contributed by atoms with E-state index >= 15 is 0 Å². The van der Waals surface area contributed by atoms with Crippen molar-refractivity contribution in [1.29, 1.82) is 0 Å². The summed E-state index contributed by atoms with van der Waals surface area (Å²) in [5, 5.41) is 9.98. The molecule has 0 amide bonds. The number of aryl methyl sites for hydroxylation is 1. The summed E-state index contributed by atoms with van der Waals surface area (Å²) in [6.45, 7) is 1.84. The van der Waals surface area contributed by atoms with Crippen LogP contribution in [-0.4, -0.2) is 24.3 Å². The predicted molar refractivity (Wildman–Crippen MR) is 84.9 cm³/mol. The molecule has 0 spiro atoms. The molecule has 0 aliphatic heterocycles. The predicted octanol–water partition coefficient (Wildman–Crippen LogP) is 3.73. The third-order valence-corrected chi connectivity index (χ3v) is 3.66. The van der Waals surface area contributed by atoms with E-state index in [1.54, 1.807) is 31.4 Å². The first-order valence-corrected chi connectivity index (χ1v) is 7.16. The smallest absolute Gasteiger partial charge is 0.345 e. The minimum Gasteiger partial charge on any atom is -0.497 e. The Labute approximate surface area is 134 Å². The van der Waals surface area contributed by atoms with E-state index in [0.717, 1.165) is 11.1 Å². The van der Waals surface area contributed by atoms with Crippen LogP contribution in [0, 0.1) is 6.92 Å². The fourth-order valence-electron chi connectivity index (χ4n) is 2.05. The first kappa shape index (κ1) is 16.2. The lowest BCUT2D eigenvalue weighted by molar-refractivity contribution is -0.145. The Kier molecular flexibility index (Phi) is 5.28. The number of hydrogen-bond acceptors (Lipinski definition) is 3. The van der Waals surface area contributed by atoms with Crippen LogP contribution in [0.5, 0.6) is 11.5 Å². The van der Waals surface area contributed by atoms with Crippen LogP contribution in [0.3, 0.4) is 0 Å². The number of carboxylic acids is 1. The molecule has 0 heterocycles. The van der Waals surface area contributed by atoms with E-state index in [1.165, 1.54) is 0 Å². The summed E-state index contributed by atoms with van der Waals surface area (Å²) in [5.41, 5.74) is 1.67. The number of benzene rings is 2. The number of carboxylic acid groups (broad SMARTS) is 1. The van der Waals surface area contributed by atoms with Crippen molar-refractivity contribution in [1.82, 2.24) is 0 Å². The van der Waals surface area contributed by atoms with Gasteiger partial charge in [0, 0.05) is 11.4 Å². The summed E-state index contributed by atoms with van der Waals surface area (Å²) in [6.07, 6.45) is -0.735. The van der Waals surface area contributed by atoms with Crippen molar-refractivity contribution < 1.29 is 19.4 Å². The Bertz CT molecular complexity index is 669. The van der Waals surface area contributed by atoms with Crippen LogP contribution in [-0.2, 0) is 11.2 Å². The van der Waals surface area contributed by atoms with Crippen LogP contribution in [0.4, 0.5) is 0 Å². The minimum absolute atomic E-state index is 0.244. The van der Waals surface area contributed by atoms with Gasteiger partial charge in [-0.25, -0.2) is 4.79 Å². The van der Waals surface area contributed by atoms with E-state index in [0.29, 0.717) is 16.5 Å². The van der Waals surface area contributed by atoms with Gasteiger partial charge in [-0.2, -0.15) is 0 Å². The molecule has 1 unspecified atom stereocenters. The molecule has 0 aromatic heterocycles. The molecule has 2 aromatic rings.